The van der Waals surface area contributed by atoms with Gasteiger partial charge in [0.1, 0.15) is 12.4 Å². The molecule has 2 heterocycles. The zero-order valence-corrected chi connectivity index (χ0v) is 34.3. The van der Waals surface area contributed by atoms with Crippen molar-refractivity contribution in [1.82, 2.24) is 20.0 Å². The predicted molar refractivity (Wildman–Crippen MR) is 223 cm³/mol. The number of hydrogen-bond donors (Lipinski definition) is 1. The van der Waals surface area contributed by atoms with Gasteiger partial charge in [0.15, 0.2) is 5.78 Å². The highest BCUT2D eigenvalue weighted by Gasteiger charge is 2.59. The SMILES string of the molecule is C=C1C=C2CC[C@H]3[C@@H]4CC[C@H](C(=O)COCCCCCC(=O)N5CCN(C(=O)c6cc(Cc7n[nH]c(=O)c8ccccc78)ccc6F)CC5)[C@@]4(C)CC[C@@H]3[C@@]2(C)CC1. The van der Waals surface area contributed by atoms with Gasteiger partial charge in [0.2, 0.25) is 5.91 Å². The number of allylic oxidation sites excluding steroid dienone is 3. The van der Waals surface area contributed by atoms with E-state index in [0.717, 1.165) is 44.4 Å². The van der Waals surface area contributed by atoms with Crippen LogP contribution in [-0.4, -0.2) is 77.0 Å². The van der Waals surface area contributed by atoms with Gasteiger partial charge >= 0.3 is 0 Å². The van der Waals surface area contributed by atoms with Gasteiger partial charge in [0, 0.05) is 56.9 Å². The Morgan fingerprint density at radius 1 is 0.914 bits per heavy atom. The number of carbonyl (C=O) groups is 3. The smallest absolute Gasteiger partial charge is 0.272 e. The maximum atomic E-state index is 15.0. The van der Waals surface area contributed by atoms with Crippen LogP contribution in [0.5, 0.6) is 0 Å². The van der Waals surface area contributed by atoms with Gasteiger partial charge in [-0.05, 0) is 117 Å². The van der Waals surface area contributed by atoms with Crippen LogP contribution in [0.15, 0.2) is 71.1 Å². The molecule has 1 saturated heterocycles. The van der Waals surface area contributed by atoms with Gasteiger partial charge in [-0.1, -0.05) is 68.3 Å². The van der Waals surface area contributed by atoms with Gasteiger partial charge in [-0.3, -0.25) is 19.2 Å². The summed E-state index contributed by atoms with van der Waals surface area (Å²) in [5.41, 5.74) is 4.36. The summed E-state index contributed by atoms with van der Waals surface area (Å²) in [5.74, 6) is 1.51. The molecule has 0 radical (unpaired) electrons. The van der Waals surface area contributed by atoms with E-state index >= 15 is 0 Å². The quantitative estimate of drug-likeness (QED) is 0.185. The van der Waals surface area contributed by atoms with E-state index < -0.39 is 11.7 Å². The molecule has 4 aliphatic carbocycles. The van der Waals surface area contributed by atoms with E-state index in [1.165, 1.54) is 43.7 Å². The second kappa shape index (κ2) is 16.7. The molecule has 3 aromatic rings. The van der Waals surface area contributed by atoms with Gasteiger partial charge < -0.3 is 14.5 Å². The molecule has 0 unspecified atom stereocenters. The number of amides is 2. The number of benzene rings is 2. The number of nitrogens with one attached hydrogen (secondary N) is 1. The van der Waals surface area contributed by atoms with Crippen LogP contribution in [-0.2, 0) is 20.7 Å². The van der Waals surface area contributed by atoms with Crippen molar-refractivity contribution in [3.8, 4) is 0 Å². The number of ketones is 1. The van der Waals surface area contributed by atoms with E-state index in [1.54, 1.807) is 39.6 Å². The number of Topliss-reactive ketones (excluding diaryl/α,β-unsaturated/α-hetero) is 1. The monoisotopic (exact) mass is 790 g/mol. The summed E-state index contributed by atoms with van der Waals surface area (Å²) < 4.78 is 20.9. The van der Waals surface area contributed by atoms with Crippen molar-refractivity contribution in [2.45, 2.75) is 97.3 Å². The largest absolute Gasteiger partial charge is 0.374 e. The van der Waals surface area contributed by atoms with Crippen molar-refractivity contribution in [3.05, 3.63) is 99.3 Å². The summed E-state index contributed by atoms with van der Waals surface area (Å²) in [6.07, 6.45) is 14.8. The number of carbonyl (C=O) groups excluding carboxylic acids is 3. The minimum Gasteiger partial charge on any atom is -0.374 e. The van der Waals surface area contributed by atoms with Crippen LogP contribution >= 0.6 is 0 Å². The first-order valence-corrected chi connectivity index (χ1v) is 21.8. The highest BCUT2D eigenvalue weighted by Crippen LogP contribution is 2.67. The lowest BCUT2D eigenvalue weighted by atomic mass is 9.46. The molecule has 2 aromatic carbocycles. The summed E-state index contributed by atoms with van der Waals surface area (Å²) in [6, 6.07) is 11.7. The zero-order valence-electron chi connectivity index (χ0n) is 34.3. The third kappa shape index (κ3) is 7.73. The Balaban J connectivity index is 0.739. The average Bonchev–Trinajstić information content (AvgIpc) is 3.59. The summed E-state index contributed by atoms with van der Waals surface area (Å²) in [6.45, 7) is 11.4. The number of H-pyrrole nitrogens is 1. The van der Waals surface area contributed by atoms with E-state index in [-0.39, 0.29) is 40.8 Å². The van der Waals surface area contributed by atoms with Crippen molar-refractivity contribution >= 4 is 28.4 Å². The van der Waals surface area contributed by atoms with Crippen LogP contribution in [0.25, 0.3) is 10.8 Å². The molecule has 1 aliphatic heterocycles. The van der Waals surface area contributed by atoms with Crippen LogP contribution in [0.2, 0.25) is 0 Å². The standard InChI is InChI=1S/C48H59FN4O5/c1-31-18-20-47(2)33(27-31)13-14-36-38-15-16-40(48(38,3)21-19-39(36)47)43(54)30-58-26-8-4-5-11-44(55)52-22-24-53(25-23-52)46(57)37-28-32(12-17-41(37)49)29-42-34-9-6-7-10-35(34)45(56)51-50-42/h6-7,9-10,12,17,27-28,36,38-40H,1,4-5,8,11,13-16,18-26,29-30H2,2-3H3,(H,51,56)/t36-,38-,39-,40+,47-,48-/m0/s1. The normalized spacial score (nSPS) is 28.1. The number of halogens is 1. The third-order valence-corrected chi connectivity index (χ3v) is 15.2. The van der Waals surface area contributed by atoms with Crippen molar-refractivity contribution in [1.29, 1.82) is 0 Å². The molecule has 8 rings (SSSR count). The van der Waals surface area contributed by atoms with Gasteiger partial charge in [0.25, 0.3) is 11.5 Å². The number of unbranched alkanes of at least 4 members (excludes halogenated alkanes) is 2. The summed E-state index contributed by atoms with van der Waals surface area (Å²) in [7, 11) is 0. The summed E-state index contributed by atoms with van der Waals surface area (Å²) in [4.78, 5) is 55.7. The van der Waals surface area contributed by atoms with Gasteiger partial charge in [-0.25, -0.2) is 9.49 Å². The molecular formula is C48H59FN4O5. The number of aromatic nitrogens is 2. The number of rotatable bonds is 12. The first kappa shape index (κ1) is 40.3. The zero-order chi connectivity index (χ0) is 40.6. The number of piperazine rings is 1. The topological polar surface area (TPSA) is 113 Å². The van der Waals surface area contributed by atoms with Crippen LogP contribution < -0.4 is 5.56 Å². The van der Waals surface area contributed by atoms with E-state index in [9.17, 15) is 23.6 Å². The predicted octanol–water partition coefficient (Wildman–Crippen LogP) is 8.22. The molecule has 2 amide bonds. The van der Waals surface area contributed by atoms with E-state index in [1.807, 2.05) is 12.1 Å². The van der Waals surface area contributed by atoms with Gasteiger partial charge in [0.05, 0.1) is 16.6 Å². The molecule has 1 aromatic heterocycles. The van der Waals surface area contributed by atoms with Crippen molar-refractivity contribution in [2.75, 3.05) is 39.4 Å². The fourth-order valence-corrected chi connectivity index (χ4v) is 11.9. The van der Waals surface area contributed by atoms with E-state index in [2.05, 4.69) is 36.7 Å². The Morgan fingerprint density at radius 2 is 1.69 bits per heavy atom. The Labute approximate surface area is 341 Å². The summed E-state index contributed by atoms with van der Waals surface area (Å²) >= 11 is 0. The lowest BCUT2D eigenvalue weighted by molar-refractivity contribution is -0.134. The number of nitrogens with zero attached hydrogens (tertiary/aromatic N) is 3. The highest BCUT2D eigenvalue weighted by atomic mass is 19.1. The molecule has 5 aliphatic rings. The fourth-order valence-electron chi connectivity index (χ4n) is 11.9. The molecule has 10 heteroatoms. The average molecular weight is 791 g/mol. The van der Waals surface area contributed by atoms with Crippen molar-refractivity contribution in [3.63, 3.8) is 0 Å². The van der Waals surface area contributed by atoms with Crippen LogP contribution in [0, 0.1) is 40.3 Å². The van der Waals surface area contributed by atoms with Crippen LogP contribution in [0.3, 0.4) is 0 Å². The second-order valence-corrected chi connectivity index (χ2v) is 18.4. The first-order chi connectivity index (χ1) is 28.0. The first-order valence-electron chi connectivity index (χ1n) is 21.8. The van der Waals surface area contributed by atoms with Crippen LogP contribution in [0.4, 0.5) is 4.39 Å². The summed E-state index contributed by atoms with van der Waals surface area (Å²) in [5, 5.41) is 7.99. The molecule has 308 valence electrons. The third-order valence-electron chi connectivity index (χ3n) is 15.2. The molecule has 1 N–H and O–H groups in total. The fraction of sp³-hybridized carbons (Fsp3) is 0.562. The molecule has 9 nitrogen and oxygen atoms in total. The second-order valence-electron chi connectivity index (χ2n) is 18.4. The number of aromatic amines is 1. The van der Waals surface area contributed by atoms with E-state index in [4.69, 9.17) is 4.74 Å². The maximum Gasteiger partial charge on any atom is 0.272 e. The molecule has 0 bridgehead atoms. The Morgan fingerprint density at radius 3 is 2.50 bits per heavy atom. The minimum atomic E-state index is -0.597. The molecule has 6 atom stereocenters. The number of ether oxygens (including phenoxy) is 1. The molecule has 0 spiro atoms. The van der Waals surface area contributed by atoms with Gasteiger partial charge in [-0.2, -0.15) is 5.10 Å². The minimum absolute atomic E-state index is 0.0136. The van der Waals surface area contributed by atoms with Crippen LogP contribution in [0.1, 0.15) is 113 Å². The van der Waals surface area contributed by atoms with E-state index in [0.29, 0.717) is 84.9 Å². The van der Waals surface area contributed by atoms with Crippen molar-refractivity contribution < 1.29 is 23.5 Å². The molecule has 3 saturated carbocycles. The highest BCUT2D eigenvalue weighted by molar-refractivity contribution is 5.95. The Kier molecular flexibility index (Phi) is 11.6. The lowest BCUT2D eigenvalue weighted by Crippen LogP contribution is -2.51. The molecule has 58 heavy (non-hydrogen) atoms. The lowest BCUT2D eigenvalue weighted by Gasteiger charge is -2.58. The Hall–Kier alpha value is -4.44. The maximum absolute atomic E-state index is 15.0. The Bertz CT molecular complexity index is 2170. The van der Waals surface area contributed by atoms with Gasteiger partial charge in [-0.15, -0.1) is 0 Å². The number of fused-ring (bicyclic) bond motifs is 6. The van der Waals surface area contributed by atoms with Crippen molar-refractivity contribution in [2.24, 2.45) is 34.5 Å². The number of hydrogen-bond acceptors (Lipinski definition) is 6. The molecule has 4 fully saturated rings. The molecular weight excluding hydrogens is 732 g/mol.